The highest BCUT2D eigenvalue weighted by atomic mass is 16.5. The van der Waals surface area contributed by atoms with E-state index in [4.69, 9.17) is 4.74 Å². The molecule has 1 aliphatic carbocycles. The Kier molecular flexibility index (Phi) is 2.88. The number of Topliss-reactive ketones (excluding diaryl/α,β-unsaturated/α-hetero) is 1. The summed E-state index contributed by atoms with van der Waals surface area (Å²) in [7, 11) is 2.14. The second-order valence-corrected chi connectivity index (χ2v) is 4.59. The third-order valence-electron chi connectivity index (χ3n) is 3.47. The van der Waals surface area contributed by atoms with Gasteiger partial charge in [-0.05, 0) is 32.2 Å². The van der Waals surface area contributed by atoms with E-state index in [0.29, 0.717) is 24.2 Å². The van der Waals surface area contributed by atoms with Gasteiger partial charge in [0.2, 0.25) is 0 Å². The highest BCUT2D eigenvalue weighted by Crippen LogP contribution is 2.34. The number of ketones is 1. The fourth-order valence-corrected chi connectivity index (χ4v) is 2.83. The van der Waals surface area contributed by atoms with E-state index < -0.39 is 0 Å². The Morgan fingerprint density at radius 2 is 2.14 bits per heavy atom. The van der Waals surface area contributed by atoms with E-state index in [-0.39, 0.29) is 6.10 Å². The average molecular weight is 197 g/mol. The molecule has 0 amide bonds. The second-order valence-electron chi connectivity index (χ2n) is 4.59. The number of carbonyl (C=O) groups is 1. The lowest BCUT2D eigenvalue weighted by molar-refractivity contribution is -0.135. The fourth-order valence-electron chi connectivity index (χ4n) is 2.83. The molecule has 0 bridgehead atoms. The predicted molar refractivity (Wildman–Crippen MR) is 54.1 cm³/mol. The first-order chi connectivity index (χ1) is 6.70. The zero-order chi connectivity index (χ0) is 10.1. The first kappa shape index (κ1) is 10.1. The summed E-state index contributed by atoms with van der Waals surface area (Å²) in [5, 5.41) is 0. The van der Waals surface area contributed by atoms with Crippen molar-refractivity contribution in [2.45, 2.75) is 25.9 Å². The van der Waals surface area contributed by atoms with Crippen molar-refractivity contribution >= 4 is 5.78 Å². The molecule has 1 saturated carbocycles. The van der Waals surface area contributed by atoms with Crippen LogP contribution < -0.4 is 0 Å². The Bertz CT molecular complexity index is 229. The van der Waals surface area contributed by atoms with Gasteiger partial charge in [0.05, 0.1) is 0 Å². The van der Waals surface area contributed by atoms with E-state index in [0.717, 1.165) is 25.9 Å². The molecule has 2 rings (SSSR count). The molecular formula is C11H19NO2. The van der Waals surface area contributed by atoms with Crippen LogP contribution in [0.3, 0.4) is 0 Å². The van der Waals surface area contributed by atoms with Crippen LogP contribution >= 0.6 is 0 Å². The Labute approximate surface area is 85.4 Å². The van der Waals surface area contributed by atoms with Crippen LogP contribution in [0.15, 0.2) is 0 Å². The minimum Gasteiger partial charge on any atom is -0.371 e. The molecule has 3 heteroatoms. The van der Waals surface area contributed by atoms with Gasteiger partial charge in [0.15, 0.2) is 5.78 Å². The molecule has 1 aliphatic heterocycles. The Morgan fingerprint density at radius 1 is 1.43 bits per heavy atom. The Morgan fingerprint density at radius 3 is 2.86 bits per heavy atom. The zero-order valence-corrected chi connectivity index (χ0v) is 9.03. The van der Waals surface area contributed by atoms with E-state index in [1.165, 1.54) is 0 Å². The van der Waals surface area contributed by atoms with Gasteiger partial charge in [-0.3, -0.25) is 4.79 Å². The quantitative estimate of drug-likeness (QED) is 0.659. The number of likely N-dealkylation sites (tertiary alicyclic amines) is 1. The van der Waals surface area contributed by atoms with Crippen LogP contribution in [-0.4, -0.2) is 43.5 Å². The molecule has 1 unspecified atom stereocenters. The number of hydrogen-bond donors (Lipinski definition) is 0. The number of rotatable bonds is 2. The van der Waals surface area contributed by atoms with Crippen LogP contribution in [0, 0.1) is 11.8 Å². The first-order valence-electron chi connectivity index (χ1n) is 5.53. The third-order valence-corrected chi connectivity index (χ3v) is 3.47. The molecular weight excluding hydrogens is 178 g/mol. The van der Waals surface area contributed by atoms with Gasteiger partial charge in [-0.25, -0.2) is 0 Å². The minimum atomic E-state index is -0.104. The third kappa shape index (κ3) is 1.84. The predicted octanol–water partition coefficient (Wildman–Crippen LogP) is 0.932. The van der Waals surface area contributed by atoms with Crippen molar-refractivity contribution < 1.29 is 9.53 Å². The van der Waals surface area contributed by atoms with Gasteiger partial charge >= 0.3 is 0 Å². The van der Waals surface area contributed by atoms with Gasteiger partial charge in [-0.15, -0.1) is 0 Å². The molecule has 1 heterocycles. The van der Waals surface area contributed by atoms with Crippen LogP contribution in [0.1, 0.15) is 19.8 Å². The van der Waals surface area contributed by atoms with E-state index in [9.17, 15) is 4.79 Å². The van der Waals surface area contributed by atoms with Crippen molar-refractivity contribution in [2.24, 2.45) is 11.8 Å². The summed E-state index contributed by atoms with van der Waals surface area (Å²) in [6.45, 7) is 4.85. The number of nitrogens with zero attached hydrogens (tertiary/aromatic N) is 1. The summed E-state index contributed by atoms with van der Waals surface area (Å²) in [4.78, 5) is 14.0. The molecule has 1 saturated heterocycles. The van der Waals surface area contributed by atoms with Crippen molar-refractivity contribution in [1.29, 1.82) is 0 Å². The van der Waals surface area contributed by atoms with Crippen molar-refractivity contribution in [3.8, 4) is 0 Å². The van der Waals surface area contributed by atoms with Gasteiger partial charge in [-0.1, -0.05) is 0 Å². The molecule has 0 spiro atoms. The van der Waals surface area contributed by atoms with E-state index >= 15 is 0 Å². The topological polar surface area (TPSA) is 29.5 Å². The normalized spacial score (nSPS) is 38.7. The van der Waals surface area contributed by atoms with Crippen molar-refractivity contribution in [1.82, 2.24) is 4.90 Å². The molecule has 2 fully saturated rings. The lowest BCUT2D eigenvalue weighted by Crippen LogP contribution is -2.36. The first-order valence-corrected chi connectivity index (χ1v) is 5.53. The maximum Gasteiger partial charge on any atom is 0.161 e. The van der Waals surface area contributed by atoms with Gasteiger partial charge in [0.1, 0.15) is 6.10 Å². The lowest BCUT2D eigenvalue weighted by atomic mass is 9.79. The van der Waals surface area contributed by atoms with Crippen LogP contribution in [-0.2, 0) is 9.53 Å². The molecule has 2 aliphatic rings. The molecule has 0 aromatic heterocycles. The zero-order valence-electron chi connectivity index (χ0n) is 9.03. The van der Waals surface area contributed by atoms with Gasteiger partial charge in [0, 0.05) is 26.1 Å². The standard InChI is InChI=1S/C11H19NO2/c1-3-14-11-5-9-7-12(2)6-8(9)4-10(11)13/h8-9,11H,3-7H2,1-2H3/t8?,9-,11+/m0/s1. The summed E-state index contributed by atoms with van der Waals surface area (Å²) in [6, 6.07) is 0. The van der Waals surface area contributed by atoms with E-state index in [1.54, 1.807) is 0 Å². The molecule has 0 radical (unpaired) electrons. The Hall–Kier alpha value is -0.410. The fraction of sp³-hybridized carbons (Fsp3) is 0.909. The van der Waals surface area contributed by atoms with E-state index in [2.05, 4.69) is 11.9 Å². The maximum atomic E-state index is 11.7. The van der Waals surface area contributed by atoms with Gasteiger partial charge < -0.3 is 9.64 Å². The molecule has 14 heavy (non-hydrogen) atoms. The van der Waals surface area contributed by atoms with Crippen molar-refractivity contribution in [3.05, 3.63) is 0 Å². The number of ether oxygens (including phenoxy) is 1. The number of fused-ring (bicyclic) bond motifs is 1. The van der Waals surface area contributed by atoms with Crippen LogP contribution in [0.2, 0.25) is 0 Å². The number of carbonyl (C=O) groups excluding carboxylic acids is 1. The Balaban J connectivity index is 1.98. The minimum absolute atomic E-state index is 0.104. The molecule has 0 aromatic carbocycles. The van der Waals surface area contributed by atoms with Crippen LogP contribution in [0.4, 0.5) is 0 Å². The molecule has 3 atom stereocenters. The molecule has 3 nitrogen and oxygen atoms in total. The van der Waals surface area contributed by atoms with Crippen LogP contribution in [0.5, 0.6) is 0 Å². The second kappa shape index (κ2) is 3.99. The molecule has 0 N–H and O–H groups in total. The summed E-state index contributed by atoms with van der Waals surface area (Å²) < 4.78 is 5.47. The highest BCUT2D eigenvalue weighted by molar-refractivity contribution is 5.84. The monoisotopic (exact) mass is 197 g/mol. The summed E-state index contributed by atoms with van der Waals surface area (Å²) in [5.41, 5.74) is 0. The van der Waals surface area contributed by atoms with Crippen molar-refractivity contribution in [2.75, 3.05) is 26.7 Å². The van der Waals surface area contributed by atoms with Crippen LogP contribution in [0.25, 0.3) is 0 Å². The summed E-state index contributed by atoms with van der Waals surface area (Å²) in [6.07, 6.45) is 1.58. The van der Waals surface area contributed by atoms with Gasteiger partial charge in [-0.2, -0.15) is 0 Å². The average Bonchev–Trinajstić information content (AvgIpc) is 2.45. The van der Waals surface area contributed by atoms with Crippen molar-refractivity contribution in [3.63, 3.8) is 0 Å². The van der Waals surface area contributed by atoms with Gasteiger partial charge in [0.25, 0.3) is 0 Å². The maximum absolute atomic E-state index is 11.7. The number of hydrogen-bond acceptors (Lipinski definition) is 3. The summed E-state index contributed by atoms with van der Waals surface area (Å²) in [5.74, 6) is 1.61. The lowest BCUT2D eigenvalue weighted by Gasteiger charge is -2.29. The SMILES string of the molecule is CCO[C@@H]1C[C@H]2CN(C)CC2CC1=O. The largest absolute Gasteiger partial charge is 0.371 e. The highest BCUT2D eigenvalue weighted by Gasteiger charge is 2.40. The molecule has 80 valence electrons. The van der Waals surface area contributed by atoms with E-state index in [1.807, 2.05) is 6.92 Å². The molecule has 0 aromatic rings. The smallest absolute Gasteiger partial charge is 0.161 e. The summed E-state index contributed by atoms with van der Waals surface area (Å²) >= 11 is 0.